The van der Waals surface area contributed by atoms with E-state index in [4.69, 9.17) is 5.73 Å². The molecule has 0 amide bonds. The van der Waals surface area contributed by atoms with E-state index in [2.05, 4.69) is 58.2 Å². The van der Waals surface area contributed by atoms with E-state index >= 15 is 0 Å². The molecule has 0 fully saturated rings. The Balaban J connectivity index is 2.12. The lowest BCUT2D eigenvalue weighted by atomic mass is 10.1. The molecule has 0 atom stereocenters. The SMILES string of the molecule is Cc1cc(C)c(Nc2nc(N)nc3nc[nH]c23)c(C)c1. The summed E-state index contributed by atoms with van der Waals surface area (Å²) in [6.45, 7) is 6.22. The third-order valence-corrected chi connectivity index (χ3v) is 3.22. The average Bonchev–Trinajstić information content (AvgIpc) is 2.81. The number of imidazole rings is 1. The van der Waals surface area contributed by atoms with E-state index in [1.807, 2.05) is 0 Å². The van der Waals surface area contributed by atoms with Crippen LogP contribution in [0.25, 0.3) is 11.2 Å². The van der Waals surface area contributed by atoms with E-state index in [0.717, 1.165) is 22.3 Å². The van der Waals surface area contributed by atoms with Crippen molar-refractivity contribution in [1.82, 2.24) is 19.9 Å². The number of aromatic nitrogens is 4. The summed E-state index contributed by atoms with van der Waals surface area (Å²) in [4.78, 5) is 15.5. The molecule has 3 rings (SSSR count). The molecule has 0 aliphatic heterocycles. The van der Waals surface area contributed by atoms with Crippen LogP contribution in [-0.4, -0.2) is 19.9 Å². The van der Waals surface area contributed by atoms with Gasteiger partial charge in [-0.15, -0.1) is 0 Å². The molecular weight excluding hydrogens is 252 g/mol. The van der Waals surface area contributed by atoms with Crippen molar-refractivity contribution in [2.75, 3.05) is 11.1 Å². The molecule has 2 aromatic heterocycles. The number of benzene rings is 1. The molecule has 6 heteroatoms. The summed E-state index contributed by atoms with van der Waals surface area (Å²) in [6.07, 6.45) is 1.58. The molecule has 3 aromatic rings. The molecule has 0 aliphatic carbocycles. The van der Waals surface area contributed by atoms with Gasteiger partial charge in [-0.1, -0.05) is 17.7 Å². The van der Waals surface area contributed by atoms with Crippen LogP contribution < -0.4 is 11.1 Å². The van der Waals surface area contributed by atoms with Crippen LogP contribution in [0.4, 0.5) is 17.5 Å². The number of hydrogen-bond acceptors (Lipinski definition) is 5. The second-order valence-corrected chi connectivity index (χ2v) is 4.93. The summed E-state index contributed by atoms with van der Waals surface area (Å²) in [5, 5.41) is 3.34. The summed E-state index contributed by atoms with van der Waals surface area (Å²) < 4.78 is 0. The van der Waals surface area contributed by atoms with Gasteiger partial charge in [0.2, 0.25) is 5.95 Å². The smallest absolute Gasteiger partial charge is 0.224 e. The number of anilines is 3. The lowest BCUT2D eigenvalue weighted by molar-refractivity contribution is 1.20. The Bertz CT molecular complexity index is 766. The molecule has 4 N–H and O–H groups in total. The van der Waals surface area contributed by atoms with Gasteiger partial charge in [-0.25, -0.2) is 4.98 Å². The predicted molar refractivity (Wildman–Crippen MR) is 80.0 cm³/mol. The van der Waals surface area contributed by atoms with Gasteiger partial charge in [0.15, 0.2) is 11.5 Å². The Labute approximate surface area is 116 Å². The first-order valence-electron chi connectivity index (χ1n) is 6.36. The molecular formula is C14H16N6. The minimum atomic E-state index is 0.203. The summed E-state index contributed by atoms with van der Waals surface area (Å²) in [7, 11) is 0. The second-order valence-electron chi connectivity index (χ2n) is 4.93. The Hall–Kier alpha value is -2.63. The van der Waals surface area contributed by atoms with Crippen LogP contribution in [0.15, 0.2) is 18.5 Å². The van der Waals surface area contributed by atoms with Crippen molar-refractivity contribution in [2.45, 2.75) is 20.8 Å². The Kier molecular flexibility index (Phi) is 2.78. The third kappa shape index (κ3) is 2.05. The van der Waals surface area contributed by atoms with Crippen molar-refractivity contribution in [3.05, 3.63) is 35.2 Å². The minimum absolute atomic E-state index is 0.203. The normalized spacial score (nSPS) is 10.9. The van der Waals surface area contributed by atoms with E-state index in [-0.39, 0.29) is 5.95 Å². The van der Waals surface area contributed by atoms with Gasteiger partial charge in [0.05, 0.1) is 6.33 Å². The maximum Gasteiger partial charge on any atom is 0.224 e. The first-order chi connectivity index (χ1) is 9.54. The van der Waals surface area contributed by atoms with Crippen molar-refractivity contribution < 1.29 is 0 Å². The highest BCUT2D eigenvalue weighted by Crippen LogP contribution is 2.27. The maximum atomic E-state index is 5.72. The van der Waals surface area contributed by atoms with Gasteiger partial charge in [0.25, 0.3) is 0 Å². The maximum absolute atomic E-state index is 5.72. The summed E-state index contributed by atoms with van der Waals surface area (Å²) in [5.74, 6) is 0.842. The summed E-state index contributed by atoms with van der Waals surface area (Å²) in [5.41, 5.74) is 11.6. The van der Waals surface area contributed by atoms with Crippen molar-refractivity contribution >= 4 is 28.6 Å². The topological polar surface area (TPSA) is 92.5 Å². The number of nitrogens with two attached hydrogens (primary N) is 1. The fraction of sp³-hybridized carbons (Fsp3) is 0.214. The van der Waals surface area contributed by atoms with E-state index < -0.39 is 0 Å². The lowest BCUT2D eigenvalue weighted by Gasteiger charge is -2.13. The van der Waals surface area contributed by atoms with Gasteiger partial charge < -0.3 is 16.0 Å². The molecule has 2 heterocycles. The van der Waals surface area contributed by atoms with Crippen LogP contribution in [0.2, 0.25) is 0 Å². The molecule has 6 nitrogen and oxygen atoms in total. The van der Waals surface area contributed by atoms with E-state index in [1.54, 1.807) is 6.33 Å². The number of rotatable bonds is 2. The highest BCUT2D eigenvalue weighted by molar-refractivity contribution is 5.86. The highest BCUT2D eigenvalue weighted by atomic mass is 15.1. The number of aryl methyl sites for hydroxylation is 3. The van der Waals surface area contributed by atoms with Crippen LogP contribution in [0, 0.1) is 20.8 Å². The minimum Gasteiger partial charge on any atom is -0.368 e. The fourth-order valence-electron chi connectivity index (χ4n) is 2.44. The lowest BCUT2D eigenvalue weighted by Crippen LogP contribution is -2.03. The number of nitrogen functional groups attached to an aromatic ring is 1. The quantitative estimate of drug-likeness (QED) is 0.664. The average molecular weight is 268 g/mol. The van der Waals surface area contributed by atoms with E-state index in [0.29, 0.717) is 11.5 Å². The molecule has 0 saturated carbocycles. The largest absolute Gasteiger partial charge is 0.368 e. The summed E-state index contributed by atoms with van der Waals surface area (Å²) >= 11 is 0. The van der Waals surface area contributed by atoms with Gasteiger partial charge in [0.1, 0.15) is 5.52 Å². The van der Waals surface area contributed by atoms with Crippen LogP contribution in [0.3, 0.4) is 0 Å². The third-order valence-electron chi connectivity index (χ3n) is 3.22. The number of aromatic amines is 1. The number of fused-ring (bicyclic) bond motifs is 1. The van der Waals surface area contributed by atoms with Gasteiger partial charge in [-0.2, -0.15) is 9.97 Å². The number of hydrogen-bond donors (Lipinski definition) is 3. The molecule has 0 unspecified atom stereocenters. The number of nitrogens with one attached hydrogen (secondary N) is 2. The highest BCUT2D eigenvalue weighted by Gasteiger charge is 2.11. The Morgan fingerprint density at radius 2 is 1.80 bits per heavy atom. The summed E-state index contributed by atoms with van der Waals surface area (Å²) in [6, 6.07) is 4.26. The van der Waals surface area contributed by atoms with Crippen LogP contribution in [0.5, 0.6) is 0 Å². The van der Waals surface area contributed by atoms with Crippen LogP contribution in [0.1, 0.15) is 16.7 Å². The zero-order valence-electron chi connectivity index (χ0n) is 11.7. The first-order valence-corrected chi connectivity index (χ1v) is 6.36. The second kappa shape index (κ2) is 4.48. The molecule has 0 radical (unpaired) electrons. The van der Waals surface area contributed by atoms with E-state index in [1.165, 1.54) is 5.56 Å². The Morgan fingerprint density at radius 1 is 1.10 bits per heavy atom. The molecule has 0 spiro atoms. The van der Waals surface area contributed by atoms with Gasteiger partial charge in [-0.3, -0.25) is 0 Å². The molecule has 0 bridgehead atoms. The molecule has 0 aliphatic rings. The van der Waals surface area contributed by atoms with Gasteiger partial charge in [0, 0.05) is 5.69 Å². The fourth-order valence-corrected chi connectivity index (χ4v) is 2.44. The number of nitrogens with zero attached hydrogens (tertiary/aromatic N) is 3. The van der Waals surface area contributed by atoms with Crippen LogP contribution >= 0.6 is 0 Å². The van der Waals surface area contributed by atoms with Crippen molar-refractivity contribution in [2.24, 2.45) is 0 Å². The predicted octanol–water partition coefficient (Wildman–Crippen LogP) is 2.60. The first kappa shape index (κ1) is 12.4. The van der Waals surface area contributed by atoms with E-state index in [9.17, 15) is 0 Å². The molecule has 102 valence electrons. The molecule has 1 aromatic carbocycles. The van der Waals surface area contributed by atoms with Crippen molar-refractivity contribution in [1.29, 1.82) is 0 Å². The molecule has 20 heavy (non-hydrogen) atoms. The standard InChI is InChI=1S/C14H16N6/c1-7-4-8(2)10(9(3)5-7)18-13-11-12(17-6-16-11)19-14(15)20-13/h4-6H,1-3H3,(H4,15,16,17,18,19,20). The van der Waals surface area contributed by atoms with Crippen molar-refractivity contribution in [3.63, 3.8) is 0 Å². The van der Waals surface area contributed by atoms with Crippen molar-refractivity contribution in [3.8, 4) is 0 Å². The van der Waals surface area contributed by atoms with Gasteiger partial charge >= 0.3 is 0 Å². The zero-order chi connectivity index (χ0) is 14.3. The number of H-pyrrole nitrogens is 1. The Morgan fingerprint density at radius 3 is 2.50 bits per heavy atom. The van der Waals surface area contributed by atoms with Gasteiger partial charge in [-0.05, 0) is 31.9 Å². The monoisotopic (exact) mass is 268 g/mol. The molecule has 0 saturated heterocycles. The zero-order valence-corrected chi connectivity index (χ0v) is 11.7. The van der Waals surface area contributed by atoms with Crippen LogP contribution in [-0.2, 0) is 0 Å².